The van der Waals surface area contributed by atoms with Gasteiger partial charge in [0.25, 0.3) is 0 Å². The number of hydrogen-bond acceptors (Lipinski definition) is 4. The van der Waals surface area contributed by atoms with E-state index in [1.54, 1.807) is 17.4 Å². The Morgan fingerprint density at radius 3 is 2.38 bits per heavy atom. The van der Waals surface area contributed by atoms with Gasteiger partial charge in [-0.15, -0.1) is 11.3 Å². The molecular formula is C32H25NO3S. The van der Waals surface area contributed by atoms with Crippen molar-refractivity contribution < 1.29 is 14.6 Å². The van der Waals surface area contributed by atoms with E-state index in [9.17, 15) is 4.79 Å². The van der Waals surface area contributed by atoms with Crippen molar-refractivity contribution in [3.63, 3.8) is 0 Å². The van der Waals surface area contributed by atoms with Crippen molar-refractivity contribution in [3.05, 3.63) is 131 Å². The van der Waals surface area contributed by atoms with E-state index in [4.69, 9.17) is 9.84 Å². The van der Waals surface area contributed by atoms with Crippen molar-refractivity contribution in [1.29, 1.82) is 0 Å². The van der Waals surface area contributed by atoms with E-state index in [0.717, 1.165) is 62.0 Å². The van der Waals surface area contributed by atoms with Gasteiger partial charge in [-0.2, -0.15) is 0 Å². The minimum absolute atomic E-state index is 0.776. The number of aromatic nitrogens is 1. The fourth-order valence-electron chi connectivity index (χ4n) is 4.35. The number of thiazole rings is 1. The maximum absolute atomic E-state index is 10.9. The number of aliphatic carboxylic acids is 1. The van der Waals surface area contributed by atoms with Crippen LogP contribution in [0.5, 0.6) is 11.5 Å². The molecule has 0 saturated carbocycles. The molecule has 1 aromatic heterocycles. The van der Waals surface area contributed by atoms with Gasteiger partial charge in [0.05, 0.1) is 15.7 Å². The lowest BCUT2D eigenvalue weighted by atomic mass is 9.87. The molecule has 5 heteroatoms. The molecule has 0 fully saturated rings. The zero-order chi connectivity index (χ0) is 25.6. The second kappa shape index (κ2) is 11.1. The highest BCUT2D eigenvalue weighted by Gasteiger charge is 2.15. The summed E-state index contributed by atoms with van der Waals surface area (Å²) in [5.41, 5.74) is 9.18. The maximum Gasteiger partial charge on any atom is 0.328 e. The Morgan fingerprint density at radius 1 is 0.865 bits per heavy atom. The van der Waals surface area contributed by atoms with Gasteiger partial charge in [0.2, 0.25) is 0 Å². The van der Waals surface area contributed by atoms with Crippen LogP contribution in [-0.4, -0.2) is 16.1 Å². The smallest absolute Gasteiger partial charge is 0.328 e. The van der Waals surface area contributed by atoms with Crippen LogP contribution >= 0.6 is 11.3 Å². The van der Waals surface area contributed by atoms with Crippen LogP contribution < -0.4 is 4.74 Å². The number of carboxylic acids is 1. The van der Waals surface area contributed by atoms with E-state index in [0.29, 0.717) is 0 Å². The second-order valence-corrected chi connectivity index (χ2v) is 9.36. The Kier molecular flexibility index (Phi) is 7.24. The first kappa shape index (κ1) is 24.2. The van der Waals surface area contributed by atoms with Crippen molar-refractivity contribution in [2.45, 2.75) is 13.3 Å². The Hall–Kier alpha value is -4.48. The van der Waals surface area contributed by atoms with Gasteiger partial charge in [-0.1, -0.05) is 67.6 Å². The van der Waals surface area contributed by atoms with Gasteiger partial charge < -0.3 is 9.84 Å². The van der Waals surface area contributed by atoms with Gasteiger partial charge in [0.1, 0.15) is 11.5 Å². The molecule has 0 bridgehead atoms. The summed E-state index contributed by atoms with van der Waals surface area (Å²) in [5.74, 6) is 0.603. The minimum Gasteiger partial charge on any atom is -0.478 e. The third-order valence-corrected chi connectivity index (χ3v) is 6.86. The summed E-state index contributed by atoms with van der Waals surface area (Å²) in [6.07, 6.45) is 3.56. The van der Waals surface area contributed by atoms with E-state index in [2.05, 4.69) is 42.2 Å². The van der Waals surface area contributed by atoms with E-state index in [1.807, 2.05) is 72.2 Å². The number of nitrogens with zero attached hydrogens (tertiary/aromatic N) is 1. The molecule has 0 amide bonds. The highest BCUT2D eigenvalue weighted by atomic mass is 32.1. The third-order valence-electron chi connectivity index (χ3n) is 6.05. The van der Waals surface area contributed by atoms with Crippen LogP contribution in [0.1, 0.15) is 35.6 Å². The molecule has 4 aromatic carbocycles. The number of carbonyl (C=O) groups is 1. The first-order chi connectivity index (χ1) is 18.1. The van der Waals surface area contributed by atoms with Crippen LogP contribution in [0.25, 0.3) is 27.4 Å². The summed E-state index contributed by atoms with van der Waals surface area (Å²) in [7, 11) is 0. The molecular weight excluding hydrogens is 478 g/mol. The molecule has 0 aliphatic carbocycles. The van der Waals surface area contributed by atoms with Crippen LogP contribution in [-0.2, 0) is 4.79 Å². The highest BCUT2D eigenvalue weighted by molar-refractivity contribution is 7.16. The van der Waals surface area contributed by atoms with Crippen molar-refractivity contribution in [2.24, 2.45) is 0 Å². The van der Waals surface area contributed by atoms with E-state index in [-0.39, 0.29) is 0 Å². The molecule has 0 aliphatic heterocycles. The molecule has 1 heterocycles. The van der Waals surface area contributed by atoms with Crippen LogP contribution in [0.4, 0.5) is 0 Å². The summed E-state index contributed by atoms with van der Waals surface area (Å²) in [4.78, 5) is 15.5. The first-order valence-electron chi connectivity index (χ1n) is 12.0. The van der Waals surface area contributed by atoms with Gasteiger partial charge in [-0.25, -0.2) is 9.78 Å². The van der Waals surface area contributed by atoms with Crippen molar-refractivity contribution in [2.75, 3.05) is 0 Å². The summed E-state index contributed by atoms with van der Waals surface area (Å²) in [5, 5.41) is 8.97. The molecule has 5 rings (SSSR count). The van der Waals surface area contributed by atoms with Crippen LogP contribution in [0.15, 0.2) is 109 Å². The fourth-order valence-corrected chi connectivity index (χ4v) is 5.01. The van der Waals surface area contributed by atoms with Crippen LogP contribution in [0.3, 0.4) is 0 Å². The largest absolute Gasteiger partial charge is 0.478 e. The number of para-hydroxylation sites is 1. The predicted molar refractivity (Wildman–Crippen MR) is 152 cm³/mol. The zero-order valence-electron chi connectivity index (χ0n) is 20.3. The number of hydrogen-bond donors (Lipinski definition) is 1. The van der Waals surface area contributed by atoms with E-state index in [1.165, 1.54) is 5.57 Å². The summed E-state index contributed by atoms with van der Waals surface area (Å²) in [6.45, 7) is 2.16. The van der Waals surface area contributed by atoms with E-state index < -0.39 is 5.97 Å². The SMILES string of the molecule is CC/C(=C(/c1ccc(/C=C/C(=O)O)cc1)c1ccc2scnc2c1)c1cccc(Oc2ccccc2)c1. The predicted octanol–water partition coefficient (Wildman–Crippen LogP) is 8.56. The normalized spacial score (nSPS) is 12.0. The summed E-state index contributed by atoms with van der Waals surface area (Å²) >= 11 is 1.63. The summed E-state index contributed by atoms with van der Waals surface area (Å²) in [6, 6.07) is 32.3. The number of rotatable bonds is 8. The molecule has 0 atom stereocenters. The maximum atomic E-state index is 10.9. The van der Waals surface area contributed by atoms with E-state index >= 15 is 0 Å². The Bertz CT molecular complexity index is 1600. The monoisotopic (exact) mass is 503 g/mol. The molecule has 0 radical (unpaired) electrons. The van der Waals surface area contributed by atoms with Crippen LogP contribution in [0.2, 0.25) is 0 Å². The lowest BCUT2D eigenvalue weighted by Crippen LogP contribution is -1.96. The third kappa shape index (κ3) is 5.68. The highest BCUT2D eigenvalue weighted by Crippen LogP contribution is 2.37. The van der Waals surface area contributed by atoms with Crippen molar-refractivity contribution >= 4 is 44.7 Å². The average Bonchev–Trinajstić information content (AvgIpc) is 3.40. The molecule has 0 spiro atoms. The van der Waals surface area contributed by atoms with Gasteiger partial charge in [0.15, 0.2) is 0 Å². The van der Waals surface area contributed by atoms with Crippen molar-refractivity contribution in [3.8, 4) is 11.5 Å². The minimum atomic E-state index is -0.966. The molecule has 0 saturated heterocycles. The molecule has 5 aromatic rings. The zero-order valence-corrected chi connectivity index (χ0v) is 21.1. The molecule has 1 N–H and O–H groups in total. The Morgan fingerprint density at radius 2 is 1.62 bits per heavy atom. The molecule has 0 aliphatic rings. The molecule has 4 nitrogen and oxygen atoms in total. The average molecular weight is 504 g/mol. The standard InChI is InChI=1S/C32H25NO3S/c1-2-28(24-7-6-10-27(19-24)36-26-8-4-3-5-9-26)32(25-16-17-30-29(20-25)33-21-37-30)23-14-11-22(12-15-23)13-18-31(34)35/h3-21H,2H2,1H3,(H,34,35)/b18-13+,32-28+. The summed E-state index contributed by atoms with van der Waals surface area (Å²) < 4.78 is 7.27. The van der Waals surface area contributed by atoms with Crippen molar-refractivity contribution in [1.82, 2.24) is 4.98 Å². The first-order valence-corrected chi connectivity index (χ1v) is 12.9. The van der Waals surface area contributed by atoms with Gasteiger partial charge >= 0.3 is 5.97 Å². The number of fused-ring (bicyclic) bond motifs is 1. The quantitative estimate of drug-likeness (QED) is 0.170. The number of benzene rings is 4. The number of allylic oxidation sites excluding steroid dienone is 1. The molecule has 182 valence electrons. The van der Waals surface area contributed by atoms with Crippen LogP contribution in [0, 0.1) is 0 Å². The Balaban J connectivity index is 1.63. The molecule has 37 heavy (non-hydrogen) atoms. The fraction of sp³-hybridized carbons (Fsp3) is 0.0625. The Labute approximate surface area is 219 Å². The lowest BCUT2D eigenvalue weighted by molar-refractivity contribution is -0.131. The topological polar surface area (TPSA) is 59.4 Å². The van der Waals surface area contributed by atoms with Gasteiger partial charge in [0, 0.05) is 6.08 Å². The second-order valence-electron chi connectivity index (χ2n) is 8.48. The van der Waals surface area contributed by atoms with Gasteiger partial charge in [-0.05, 0) is 82.3 Å². The lowest BCUT2D eigenvalue weighted by Gasteiger charge is -2.17. The molecule has 0 unspecified atom stereocenters. The number of ether oxygens (including phenoxy) is 1. The van der Waals surface area contributed by atoms with Gasteiger partial charge in [-0.3, -0.25) is 0 Å². The number of carboxylic acid groups (broad SMARTS) is 1.